The van der Waals surface area contributed by atoms with Gasteiger partial charge in [-0.05, 0) is 32.0 Å². The van der Waals surface area contributed by atoms with E-state index in [-0.39, 0.29) is 11.7 Å². The lowest BCUT2D eigenvalue weighted by atomic mass is 10.1. The first-order valence-corrected chi connectivity index (χ1v) is 5.65. The number of aromatic nitrogens is 2. The second-order valence-electron chi connectivity index (χ2n) is 4.15. The second kappa shape index (κ2) is 4.91. The Balaban J connectivity index is 2.05. The van der Waals surface area contributed by atoms with Crippen molar-refractivity contribution < 1.29 is 9.90 Å². The number of carbonyl (C=O) groups is 1. The van der Waals surface area contributed by atoms with Gasteiger partial charge in [-0.15, -0.1) is 0 Å². The van der Waals surface area contributed by atoms with E-state index in [4.69, 9.17) is 0 Å². The van der Waals surface area contributed by atoms with Gasteiger partial charge in [0.2, 0.25) is 0 Å². The number of phenolic OH excluding ortho intramolecular Hbond substituents is 1. The maximum absolute atomic E-state index is 11.9. The zero-order valence-corrected chi connectivity index (χ0v) is 10.3. The summed E-state index contributed by atoms with van der Waals surface area (Å²) in [5.41, 5.74) is 3.25. The van der Waals surface area contributed by atoms with Crippen molar-refractivity contribution in [3.8, 4) is 5.75 Å². The number of phenols is 1. The summed E-state index contributed by atoms with van der Waals surface area (Å²) >= 11 is 0. The first-order chi connectivity index (χ1) is 8.58. The smallest absolute Gasteiger partial charge is 0.251 e. The van der Waals surface area contributed by atoms with Crippen molar-refractivity contribution >= 4 is 5.91 Å². The van der Waals surface area contributed by atoms with Gasteiger partial charge < -0.3 is 10.4 Å². The van der Waals surface area contributed by atoms with Crippen molar-refractivity contribution in [1.29, 1.82) is 0 Å². The number of aromatic amines is 1. The van der Waals surface area contributed by atoms with Gasteiger partial charge in [-0.1, -0.05) is 6.07 Å². The summed E-state index contributed by atoms with van der Waals surface area (Å²) in [6, 6.07) is 6.26. The molecular weight excluding hydrogens is 230 g/mol. The van der Waals surface area contributed by atoms with Gasteiger partial charge >= 0.3 is 0 Å². The van der Waals surface area contributed by atoms with E-state index in [1.54, 1.807) is 12.1 Å². The van der Waals surface area contributed by atoms with Crippen molar-refractivity contribution in [2.75, 3.05) is 0 Å². The molecule has 5 heteroatoms. The van der Waals surface area contributed by atoms with Crippen LogP contribution in [-0.4, -0.2) is 21.2 Å². The minimum absolute atomic E-state index is 0.0818. The number of rotatable bonds is 3. The lowest BCUT2D eigenvalue weighted by Crippen LogP contribution is -2.23. The molecule has 0 bridgehead atoms. The van der Waals surface area contributed by atoms with E-state index < -0.39 is 0 Å². The highest BCUT2D eigenvalue weighted by atomic mass is 16.3. The third kappa shape index (κ3) is 2.51. The minimum Gasteiger partial charge on any atom is -0.508 e. The molecule has 0 aliphatic heterocycles. The molecule has 1 aromatic heterocycles. The molecule has 0 saturated heterocycles. The average Bonchev–Trinajstić information content (AvgIpc) is 2.66. The summed E-state index contributed by atoms with van der Waals surface area (Å²) in [4.78, 5) is 11.9. The number of benzene rings is 1. The monoisotopic (exact) mass is 245 g/mol. The average molecular weight is 245 g/mol. The molecule has 0 unspecified atom stereocenters. The Bertz CT molecular complexity index is 556. The molecule has 3 N–H and O–H groups in total. The minimum atomic E-state index is -0.217. The molecule has 5 nitrogen and oxygen atoms in total. The van der Waals surface area contributed by atoms with Crippen molar-refractivity contribution in [2.24, 2.45) is 0 Å². The normalized spacial score (nSPS) is 10.3. The summed E-state index contributed by atoms with van der Waals surface area (Å²) in [5, 5.41) is 19.0. The van der Waals surface area contributed by atoms with Crippen LogP contribution in [0, 0.1) is 13.8 Å². The van der Waals surface area contributed by atoms with Gasteiger partial charge in [0.15, 0.2) is 0 Å². The molecule has 0 atom stereocenters. The van der Waals surface area contributed by atoms with Gasteiger partial charge in [-0.25, -0.2) is 0 Å². The number of nitrogens with zero attached hydrogens (tertiary/aromatic N) is 1. The quantitative estimate of drug-likeness (QED) is 0.769. The summed E-state index contributed by atoms with van der Waals surface area (Å²) < 4.78 is 0. The first kappa shape index (κ1) is 12.2. The molecule has 0 radical (unpaired) electrons. The van der Waals surface area contributed by atoms with E-state index in [2.05, 4.69) is 15.5 Å². The SMILES string of the molecule is Cc1n[nH]c(C)c1CNC(=O)c1cccc(O)c1. The number of H-pyrrole nitrogens is 1. The Hall–Kier alpha value is -2.30. The fraction of sp³-hybridized carbons (Fsp3) is 0.231. The Morgan fingerprint density at radius 3 is 2.83 bits per heavy atom. The number of hydrogen-bond donors (Lipinski definition) is 3. The lowest BCUT2D eigenvalue weighted by molar-refractivity contribution is 0.0950. The van der Waals surface area contributed by atoms with E-state index >= 15 is 0 Å². The molecule has 18 heavy (non-hydrogen) atoms. The van der Waals surface area contributed by atoms with Crippen molar-refractivity contribution in [2.45, 2.75) is 20.4 Å². The fourth-order valence-electron chi connectivity index (χ4n) is 1.75. The number of carbonyl (C=O) groups excluding carboxylic acids is 1. The highest BCUT2D eigenvalue weighted by molar-refractivity contribution is 5.94. The first-order valence-electron chi connectivity index (χ1n) is 5.65. The molecule has 1 aromatic carbocycles. The molecular formula is C13H15N3O2. The molecule has 0 aliphatic rings. The largest absolute Gasteiger partial charge is 0.508 e. The number of nitrogens with one attached hydrogen (secondary N) is 2. The van der Waals surface area contributed by atoms with E-state index in [1.165, 1.54) is 12.1 Å². The van der Waals surface area contributed by atoms with E-state index in [0.717, 1.165) is 17.0 Å². The Labute approximate surface area is 105 Å². The molecule has 2 aromatic rings. The summed E-state index contributed by atoms with van der Waals surface area (Å²) in [5.74, 6) is -0.135. The third-order valence-electron chi connectivity index (χ3n) is 2.81. The molecule has 0 aliphatic carbocycles. The zero-order valence-electron chi connectivity index (χ0n) is 10.3. The predicted molar refractivity (Wildman–Crippen MR) is 67.3 cm³/mol. The van der Waals surface area contributed by atoms with Gasteiger partial charge in [-0.3, -0.25) is 9.89 Å². The van der Waals surface area contributed by atoms with E-state index in [0.29, 0.717) is 12.1 Å². The van der Waals surface area contributed by atoms with Crippen LogP contribution in [0.2, 0.25) is 0 Å². The fourth-order valence-corrected chi connectivity index (χ4v) is 1.75. The van der Waals surface area contributed by atoms with Crippen molar-refractivity contribution in [1.82, 2.24) is 15.5 Å². The zero-order chi connectivity index (χ0) is 13.1. The Morgan fingerprint density at radius 1 is 1.44 bits per heavy atom. The third-order valence-corrected chi connectivity index (χ3v) is 2.81. The number of aromatic hydroxyl groups is 1. The van der Waals surface area contributed by atoms with Crippen LogP contribution in [0.4, 0.5) is 0 Å². The van der Waals surface area contributed by atoms with Crippen LogP contribution in [0.15, 0.2) is 24.3 Å². The van der Waals surface area contributed by atoms with Crippen LogP contribution in [0.5, 0.6) is 5.75 Å². The van der Waals surface area contributed by atoms with Crippen LogP contribution in [0.1, 0.15) is 27.3 Å². The van der Waals surface area contributed by atoms with Gasteiger partial charge in [0.1, 0.15) is 5.75 Å². The molecule has 94 valence electrons. The number of aryl methyl sites for hydroxylation is 2. The van der Waals surface area contributed by atoms with Crippen LogP contribution in [0.25, 0.3) is 0 Å². The molecule has 1 amide bonds. The maximum Gasteiger partial charge on any atom is 0.251 e. The van der Waals surface area contributed by atoms with Gasteiger partial charge in [-0.2, -0.15) is 5.10 Å². The topological polar surface area (TPSA) is 78.0 Å². The molecule has 1 heterocycles. The highest BCUT2D eigenvalue weighted by Crippen LogP contribution is 2.12. The van der Waals surface area contributed by atoms with E-state index in [1.807, 2.05) is 13.8 Å². The maximum atomic E-state index is 11.9. The molecule has 0 saturated carbocycles. The summed E-state index contributed by atoms with van der Waals surface area (Å²) in [7, 11) is 0. The standard InChI is InChI=1S/C13H15N3O2/c1-8-12(9(2)16-15-8)7-14-13(18)10-4-3-5-11(17)6-10/h3-6,17H,7H2,1-2H3,(H,14,18)(H,15,16). The van der Waals surface area contributed by atoms with Crippen molar-refractivity contribution in [3.05, 3.63) is 46.8 Å². The molecule has 2 rings (SSSR count). The Kier molecular flexibility index (Phi) is 3.32. The van der Waals surface area contributed by atoms with Crippen LogP contribution in [0.3, 0.4) is 0 Å². The second-order valence-corrected chi connectivity index (χ2v) is 4.15. The van der Waals surface area contributed by atoms with Crippen LogP contribution < -0.4 is 5.32 Å². The highest BCUT2D eigenvalue weighted by Gasteiger charge is 2.09. The van der Waals surface area contributed by atoms with Gasteiger partial charge in [0, 0.05) is 23.4 Å². The molecule has 0 fully saturated rings. The predicted octanol–water partition coefficient (Wildman–Crippen LogP) is 1.66. The van der Waals surface area contributed by atoms with Gasteiger partial charge in [0.05, 0.1) is 5.69 Å². The van der Waals surface area contributed by atoms with Crippen molar-refractivity contribution in [3.63, 3.8) is 0 Å². The van der Waals surface area contributed by atoms with Crippen LogP contribution in [-0.2, 0) is 6.54 Å². The van der Waals surface area contributed by atoms with Gasteiger partial charge in [0.25, 0.3) is 5.91 Å². The summed E-state index contributed by atoms with van der Waals surface area (Å²) in [6.07, 6.45) is 0. The van der Waals surface area contributed by atoms with E-state index in [9.17, 15) is 9.90 Å². The van der Waals surface area contributed by atoms with Crippen LogP contribution >= 0.6 is 0 Å². The molecule has 0 spiro atoms. The summed E-state index contributed by atoms with van der Waals surface area (Å²) in [6.45, 7) is 4.22. The Morgan fingerprint density at radius 2 is 2.22 bits per heavy atom. The number of amides is 1. The number of hydrogen-bond acceptors (Lipinski definition) is 3. The lowest BCUT2D eigenvalue weighted by Gasteiger charge is -2.05.